The van der Waals surface area contributed by atoms with Gasteiger partial charge in [-0.25, -0.2) is 9.97 Å². The highest BCUT2D eigenvalue weighted by Crippen LogP contribution is 2.22. The number of amides is 1. The van der Waals surface area contributed by atoms with Crippen molar-refractivity contribution in [2.24, 2.45) is 5.92 Å². The number of rotatable bonds is 4. The Bertz CT molecular complexity index is 669. The van der Waals surface area contributed by atoms with Crippen molar-refractivity contribution in [1.82, 2.24) is 14.9 Å². The Labute approximate surface area is 139 Å². The van der Waals surface area contributed by atoms with E-state index < -0.39 is 0 Å². The van der Waals surface area contributed by atoms with E-state index in [0.29, 0.717) is 10.9 Å². The van der Waals surface area contributed by atoms with Crippen LogP contribution in [0.15, 0.2) is 24.5 Å². The number of nitrogen functional groups attached to an aromatic ring is 1. The molecule has 3 N–H and O–H groups in total. The molecule has 1 atom stereocenters. The lowest BCUT2D eigenvalue weighted by Gasteiger charge is -2.31. The van der Waals surface area contributed by atoms with Crippen LogP contribution in [-0.2, 0) is 11.3 Å². The minimum Gasteiger partial charge on any atom is -0.375 e. The van der Waals surface area contributed by atoms with Gasteiger partial charge in [-0.1, -0.05) is 6.07 Å². The molecular formula is C16H21N5OS. The number of nitrogens with one attached hydrogen (secondary N) is 1. The van der Waals surface area contributed by atoms with Crippen LogP contribution >= 0.6 is 11.3 Å². The van der Waals surface area contributed by atoms with E-state index in [9.17, 15) is 4.79 Å². The molecule has 0 spiro atoms. The molecule has 0 bridgehead atoms. The Balaban J connectivity index is 1.56. The highest BCUT2D eigenvalue weighted by molar-refractivity contribution is 7.15. The van der Waals surface area contributed by atoms with E-state index in [4.69, 9.17) is 5.73 Å². The average molecular weight is 331 g/mol. The summed E-state index contributed by atoms with van der Waals surface area (Å²) in [6, 6.07) is 3.79. The number of carbonyl (C=O) groups excluding carboxylic acids is 1. The van der Waals surface area contributed by atoms with E-state index in [-0.39, 0.29) is 11.8 Å². The van der Waals surface area contributed by atoms with E-state index in [2.05, 4.69) is 20.2 Å². The molecule has 0 saturated carbocycles. The van der Waals surface area contributed by atoms with Crippen LogP contribution in [0.4, 0.5) is 10.9 Å². The first-order chi connectivity index (χ1) is 11.1. The SMILES string of the molecule is Cc1ccc(NC(=O)C2CCCN(Cc3cnc(N)s3)C2)nc1. The van der Waals surface area contributed by atoms with Crippen molar-refractivity contribution < 1.29 is 4.79 Å². The molecule has 3 rings (SSSR count). The maximum atomic E-state index is 12.4. The van der Waals surface area contributed by atoms with Crippen LogP contribution in [0.3, 0.4) is 0 Å². The number of nitrogens with zero attached hydrogens (tertiary/aromatic N) is 3. The van der Waals surface area contributed by atoms with E-state index in [0.717, 1.165) is 42.9 Å². The third-order valence-electron chi connectivity index (χ3n) is 3.99. The average Bonchev–Trinajstić information content (AvgIpc) is 2.95. The van der Waals surface area contributed by atoms with Crippen LogP contribution < -0.4 is 11.1 Å². The summed E-state index contributed by atoms with van der Waals surface area (Å²) >= 11 is 1.51. The van der Waals surface area contributed by atoms with Gasteiger partial charge in [-0.05, 0) is 37.9 Å². The summed E-state index contributed by atoms with van der Waals surface area (Å²) < 4.78 is 0. The molecule has 2 aromatic heterocycles. The van der Waals surface area contributed by atoms with Crippen LogP contribution in [-0.4, -0.2) is 33.9 Å². The Hall–Kier alpha value is -1.99. The quantitative estimate of drug-likeness (QED) is 0.898. The summed E-state index contributed by atoms with van der Waals surface area (Å²) in [5.74, 6) is 0.667. The number of carbonyl (C=O) groups is 1. The highest BCUT2D eigenvalue weighted by Gasteiger charge is 2.26. The molecule has 3 heterocycles. The van der Waals surface area contributed by atoms with Crippen molar-refractivity contribution in [3.05, 3.63) is 35.0 Å². The lowest BCUT2D eigenvalue weighted by molar-refractivity contribution is -0.121. The maximum Gasteiger partial charge on any atom is 0.229 e. The number of hydrogen-bond donors (Lipinski definition) is 2. The number of pyridine rings is 1. The Kier molecular flexibility index (Phi) is 4.88. The number of likely N-dealkylation sites (tertiary alicyclic amines) is 1. The number of aryl methyl sites for hydroxylation is 1. The summed E-state index contributed by atoms with van der Waals surface area (Å²) in [4.78, 5) is 24.2. The molecular weight excluding hydrogens is 310 g/mol. The van der Waals surface area contributed by atoms with Crippen molar-refractivity contribution in [2.75, 3.05) is 24.1 Å². The van der Waals surface area contributed by atoms with Gasteiger partial charge in [0.1, 0.15) is 5.82 Å². The first-order valence-corrected chi connectivity index (χ1v) is 8.58. The molecule has 1 aliphatic heterocycles. The van der Waals surface area contributed by atoms with Crippen LogP contribution in [0.25, 0.3) is 0 Å². The zero-order valence-corrected chi connectivity index (χ0v) is 14.0. The van der Waals surface area contributed by atoms with Gasteiger partial charge in [-0.2, -0.15) is 0 Å². The van der Waals surface area contributed by atoms with E-state index >= 15 is 0 Å². The molecule has 23 heavy (non-hydrogen) atoms. The van der Waals surface area contributed by atoms with Gasteiger partial charge >= 0.3 is 0 Å². The largest absolute Gasteiger partial charge is 0.375 e. The number of hydrogen-bond acceptors (Lipinski definition) is 6. The van der Waals surface area contributed by atoms with Gasteiger partial charge in [0.05, 0.1) is 5.92 Å². The normalized spacial score (nSPS) is 18.7. The highest BCUT2D eigenvalue weighted by atomic mass is 32.1. The molecule has 0 aliphatic carbocycles. The van der Waals surface area contributed by atoms with Crippen molar-refractivity contribution >= 4 is 28.2 Å². The van der Waals surface area contributed by atoms with Crippen LogP contribution in [0.1, 0.15) is 23.3 Å². The second kappa shape index (κ2) is 7.06. The predicted molar refractivity (Wildman–Crippen MR) is 92.1 cm³/mol. The molecule has 1 amide bonds. The summed E-state index contributed by atoms with van der Waals surface area (Å²) in [5.41, 5.74) is 6.75. The molecule has 6 nitrogen and oxygen atoms in total. The zero-order valence-electron chi connectivity index (χ0n) is 13.2. The van der Waals surface area contributed by atoms with Gasteiger partial charge in [-0.15, -0.1) is 11.3 Å². The molecule has 1 saturated heterocycles. The second-order valence-corrected chi connectivity index (χ2v) is 7.10. The monoisotopic (exact) mass is 331 g/mol. The predicted octanol–water partition coefficient (Wildman–Crippen LogP) is 2.28. The van der Waals surface area contributed by atoms with E-state index in [1.807, 2.05) is 25.3 Å². The second-order valence-electron chi connectivity index (χ2n) is 5.95. The van der Waals surface area contributed by atoms with Gasteiger partial charge in [0.15, 0.2) is 5.13 Å². The van der Waals surface area contributed by atoms with Crippen LogP contribution in [0.2, 0.25) is 0 Å². The fraction of sp³-hybridized carbons (Fsp3) is 0.438. The number of thiazole rings is 1. The van der Waals surface area contributed by atoms with Gasteiger partial charge in [-0.3, -0.25) is 9.69 Å². The first-order valence-electron chi connectivity index (χ1n) is 7.76. The number of anilines is 2. The molecule has 1 unspecified atom stereocenters. The molecule has 0 aromatic carbocycles. The maximum absolute atomic E-state index is 12.4. The van der Waals surface area contributed by atoms with Gasteiger partial charge < -0.3 is 11.1 Å². The Morgan fingerprint density at radius 3 is 3.00 bits per heavy atom. The number of aromatic nitrogens is 2. The summed E-state index contributed by atoms with van der Waals surface area (Å²) in [6.07, 6.45) is 5.52. The molecule has 1 fully saturated rings. The Morgan fingerprint density at radius 1 is 1.43 bits per heavy atom. The standard InChI is InChI=1S/C16H21N5OS/c1-11-4-5-14(18-7-11)20-15(22)12-3-2-6-21(9-12)10-13-8-19-16(17)23-13/h4-5,7-8,12H,2-3,6,9-10H2,1H3,(H2,17,19)(H,18,20,22). The van der Waals surface area contributed by atoms with E-state index in [1.165, 1.54) is 11.3 Å². The summed E-state index contributed by atoms with van der Waals surface area (Å²) in [5, 5.41) is 3.52. The first kappa shape index (κ1) is 15.9. The molecule has 1 aliphatic rings. The Morgan fingerprint density at radius 2 is 2.30 bits per heavy atom. The third-order valence-corrected chi connectivity index (χ3v) is 4.80. The minimum absolute atomic E-state index is 0.00267. The van der Waals surface area contributed by atoms with Gasteiger partial charge in [0.25, 0.3) is 0 Å². The number of piperidine rings is 1. The van der Waals surface area contributed by atoms with Crippen LogP contribution in [0.5, 0.6) is 0 Å². The van der Waals surface area contributed by atoms with Gasteiger partial charge in [0, 0.05) is 30.4 Å². The van der Waals surface area contributed by atoms with Crippen molar-refractivity contribution in [3.63, 3.8) is 0 Å². The molecule has 7 heteroatoms. The van der Waals surface area contributed by atoms with Crippen molar-refractivity contribution in [1.29, 1.82) is 0 Å². The van der Waals surface area contributed by atoms with Crippen molar-refractivity contribution in [2.45, 2.75) is 26.3 Å². The smallest absolute Gasteiger partial charge is 0.229 e. The summed E-state index contributed by atoms with van der Waals surface area (Å²) in [6.45, 7) is 4.55. The summed E-state index contributed by atoms with van der Waals surface area (Å²) in [7, 11) is 0. The fourth-order valence-electron chi connectivity index (χ4n) is 2.80. The van der Waals surface area contributed by atoms with E-state index in [1.54, 1.807) is 6.20 Å². The lowest BCUT2D eigenvalue weighted by Crippen LogP contribution is -2.40. The topological polar surface area (TPSA) is 84.1 Å². The van der Waals surface area contributed by atoms with Crippen molar-refractivity contribution in [3.8, 4) is 0 Å². The molecule has 0 radical (unpaired) electrons. The minimum atomic E-state index is -0.00267. The molecule has 2 aromatic rings. The molecule has 122 valence electrons. The van der Waals surface area contributed by atoms with Crippen LogP contribution in [0, 0.1) is 12.8 Å². The lowest BCUT2D eigenvalue weighted by atomic mass is 9.97. The third kappa shape index (κ3) is 4.27. The van der Waals surface area contributed by atoms with Gasteiger partial charge in [0.2, 0.25) is 5.91 Å². The zero-order chi connectivity index (χ0) is 16.2. The number of nitrogens with two attached hydrogens (primary N) is 1. The fourth-order valence-corrected chi connectivity index (χ4v) is 3.53.